The van der Waals surface area contributed by atoms with E-state index in [4.69, 9.17) is 21.1 Å². The minimum atomic E-state index is -1.01. The van der Waals surface area contributed by atoms with Crippen LogP contribution >= 0.6 is 11.6 Å². The summed E-state index contributed by atoms with van der Waals surface area (Å²) in [6, 6.07) is 10.7. The molecule has 0 saturated heterocycles. The second-order valence-corrected chi connectivity index (χ2v) is 3.82. The number of hydrogen-bond acceptors (Lipinski definition) is 2. The highest BCUT2D eigenvalue weighted by Gasteiger charge is 2.03. The Kier molecular flexibility index (Phi) is 4.71. The van der Waals surface area contributed by atoms with Gasteiger partial charge in [-0.1, -0.05) is 11.6 Å². The minimum Gasteiger partial charge on any atom is -0.478 e. The van der Waals surface area contributed by atoms with E-state index in [1.165, 1.54) is 6.08 Å². The molecule has 0 unspecified atom stereocenters. The topological polar surface area (TPSA) is 81.9 Å². The standard InChI is InChI=1S/C13H9ClO3.H2O/c14-10-3-1-9(2-4-10)12-7-5-11(17-12)6-8-13(15)16;/h1-8H,(H,15,16);1H2/b8-6-;. The largest absolute Gasteiger partial charge is 0.478 e. The van der Waals surface area contributed by atoms with Crippen molar-refractivity contribution in [3.63, 3.8) is 0 Å². The fraction of sp³-hybridized carbons (Fsp3) is 0. The van der Waals surface area contributed by atoms with Gasteiger partial charge in [0.15, 0.2) is 0 Å². The van der Waals surface area contributed by atoms with Crippen molar-refractivity contribution in [2.24, 2.45) is 0 Å². The molecule has 0 atom stereocenters. The van der Waals surface area contributed by atoms with Crippen molar-refractivity contribution in [2.75, 3.05) is 0 Å². The third kappa shape index (κ3) is 3.48. The third-order valence-electron chi connectivity index (χ3n) is 2.15. The Labute approximate surface area is 108 Å². The molecule has 0 radical (unpaired) electrons. The number of hydrogen-bond donors (Lipinski definition) is 1. The molecule has 2 aromatic rings. The van der Waals surface area contributed by atoms with E-state index in [0.29, 0.717) is 16.5 Å². The predicted molar refractivity (Wildman–Crippen MR) is 69.4 cm³/mol. The summed E-state index contributed by atoms with van der Waals surface area (Å²) >= 11 is 5.78. The molecule has 1 aromatic carbocycles. The van der Waals surface area contributed by atoms with Crippen LogP contribution in [0.25, 0.3) is 17.4 Å². The maximum Gasteiger partial charge on any atom is 0.328 e. The number of rotatable bonds is 3. The molecule has 0 spiro atoms. The number of furan rings is 1. The van der Waals surface area contributed by atoms with Gasteiger partial charge in [0.05, 0.1) is 0 Å². The van der Waals surface area contributed by atoms with Crippen molar-refractivity contribution >= 4 is 23.6 Å². The molecule has 0 amide bonds. The molecule has 0 fully saturated rings. The first-order valence-corrected chi connectivity index (χ1v) is 5.30. The predicted octanol–water partition coefficient (Wildman–Crippen LogP) is 2.87. The lowest BCUT2D eigenvalue weighted by atomic mass is 10.2. The Morgan fingerprint density at radius 2 is 1.83 bits per heavy atom. The van der Waals surface area contributed by atoms with E-state index in [0.717, 1.165) is 11.6 Å². The molecule has 3 N–H and O–H groups in total. The molecule has 1 heterocycles. The first-order chi connectivity index (χ1) is 8.15. The van der Waals surface area contributed by atoms with Gasteiger partial charge in [0, 0.05) is 16.7 Å². The third-order valence-corrected chi connectivity index (χ3v) is 2.40. The molecule has 0 bridgehead atoms. The van der Waals surface area contributed by atoms with Crippen LogP contribution in [0.15, 0.2) is 46.9 Å². The van der Waals surface area contributed by atoms with Gasteiger partial charge in [-0.15, -0.1) is 0 Å². The van der Waals surface area contributed by atoms with Crippen molar-refractivity contribution in [3.8, 4) is 11.3 Å². The van der Waals surface area contributed by atoms with Crippen LogP contribution in [0.5, 0.6) is 0 Å². The average molecular weight is 267 g/mol. The molecule has 5 heteroatoms. The van der Waals surface area contributed by atoms with Crippen LogP contribution in [-0.4, -0.2) is 16.6 Å². The fourth-order valence-electron chi connectivity index (χ4n) is 1.37. The van der Waals surface area contributed by atoms with Gasteiger partial charge in [0.2, 0.25) is 0 Å². The highest BCUT2D eigenvalue weighted by Crippen LogP contribution is 2.24. The van der Waals surface area contributed by atoms with Gasteiger partial charge in [-0.25, -0.2) is 4.79 Å². The van der Waals surface area contributed by atoms with Crippen LogP contribution in [0.1, 0.15) is 5.76 Å². The van der Waals surface area contributed by atoms with Crippen LogP contribution in [0.4, 0.5) is 0 Å². The Bertz CT molecular complexity index is 555. The maximum absolute atomic E-state index is 10.3. The van der Waals surface area contributed by atoms with Crippen molar-refractivity contribution in [1.82, 2.24) is 0 Å². The summed E-state index contributed by atoms with van der Waals surface area (Å²) in [4.78, 5) is 10.3. The summed E-state index contributed by atoms with van der Waals surface area (Å²) in [5.74, 6) is 0.165. The van der Waals surface area contributed by atoms with Gasteiger partial charge in [0.25, 0.3) is 0 Å². The second kappa shape index (κ2) is 6.05. The monoisotopic (exact) mass is 266 g/mol. The van der Waals surface area contributed by atoms with Crippen LogP contribution in [0.2, 0.25) is 5.02 Å². The molecule has 0 aliphatic carbocycles. The fourth-order valence-corrected chi connectivity index (χ4v) is 1.49. The summed E-state index contributed by atoms with van der Waals surface area (Å²) in [6.45, 7) is 0. The van der Waals surface area contributed by atoms with E-state index >= 15 is 0 Å². The number of carboxylic acids is 1. The summed E-state index contributed by atoms with van der Waals surface area (Å²) in [6.07, 6.45) is 2.44. The summed E-state index contributed by atoms with van der Waals surface area (Å²) in [5.41, 5.74) is 0.893. The zero-order valence-electron chi connectivity index (χ0n) is 9.26. The summed E-state index contributed by atoms with van der Waals surface area (Å²) < 4.78 is 5.47. The van der Waals surface area contributed by atoms with Crippen LogP contribution in [0, 0.1) is 0 Å². The maximum atomic E-state index is 10.3. The van der Waals surface area contributed by atoms with E-state index in [9.17, 15) is 4.79 Å². The highest BCUT2D eigenvalue weighted by molar-refractivity contribution is 6.30. The van der Waals surface area contributed by atoms with Gasteiger partial charge >= 0.3 is 5.97 Å². The second-order valence-electron chi connectivity index (χ2n) is 3.38. The SMILES string of the molecule is O.O=C(O)/C=C\c1ccc(-c2ccc(Cl)cc2)o1. The Hall–Kier alpha value is -2.04. The molecule has 2 rings (SSSR count). The summed E-state index contributed by atoms with van der Waals surface area (Å²) in [7, 11) is 0. The number of benzene rings is 1. The first-order valence-electron chi connectivity index (χ1n) is 4.92. The molecule has 0 saturated carbocycles. The van der Waals surface area contributed by atoms with Crippen LogP contribution < -0.4 is 0 Å². The van der Waals surface area contributed by atoms with E-state index < -0.39 is 5.97 Å². The lowest BCUT2D eigenvalue weighted by Crippen LogP contribution is -1.84. The smallest absolute Gasteiger partial charge is 0.328 e. The zero-order valence-corrected chi connectivity index (χ0v) is 10.0. The van der Waals surface area contributed by atoms with Crippen molar-refractivity contribution in [1.29, 1.82) is 0 Å². The number of halogens is 1. The van der Waals surface area contributed by atoms with Crippen LogP contribution in [-0.2, 0) is 4.79 Å². The Balaban J connectivity index is 0.00000162. The molecule has 0 aliphatic heterocycles. The summed E-state index contributed by atoms with van der Waals surface area (Å²) in [5, 5.41) is 9.14. The molecule has 4 nitrogen and oxygen atoms in total. The van der Waals surface area contributed by atoms with Gasteiger partial charge in [0.1, 0.15) is 11.5 Å². The molecular weight excluding hydrogens is 256 g/mol. The highest BCUT2D eigenvalue weighted by atomic mass is 35.5. The van der Waals surface area contributed by atoms with Gasteiger partial charge in [-0.05, 0) is 42.5 Å². The van der Waals surface area contributed by atoms with E-state index in [1.807, 2.05) is 12.1 Å². The number of aliphatic carboxylic acids is 1. The van der Waals surface area contributed by atoms with E-state index in [-0.39, 0.29) is 5.48 Å². The number of carbonyl (C=O) groups is 1. The average Bonchev–Trinajstić information content (AvgIpc) is 2.76. The van der Waals surface area contributed by atoms with Crippen molar-refractivity contribution in [2.45, 2.75) is 0 Å². The quantitative estimate of drug-likeness (QED) is 0.867. The molecular formula is C13H11ClO4. The number of carboxylic acid groups (broad SMARTS) is 1. The zero-order chi connectivity index (χ0) is 12.3. The van der Waals surface area contributed by atoms with Crippen molar-refractivity contribution < 1.29 is 19.8 Å². The molecule has 1 aromatic heterocycles. The van der Waals surface area contributed by atoms with Crippen LogP contribution in [0.3, 0.4) is 0 Å². The molecule has 94 valence electrons. The van der Waals surface area contributed by atoms with Gasteiger partial charge in [-0.2, -0.15) is 0 Å². The van der Waals surface area contributed by atoms with E-state index in [2.05, 4.69) is 0 Å². The van der Waals surface area contributed by atoms with E-state index in [1.54, 1.807) is 24.3 Å². The first kappa shape index (κ1) is 14.0. The van der Waals surface area contributed by atoms with Gasteiger partial charge in [-0.3, -0.25) is 0 Å². The molecule has 0 aliphatic rings. The lowest BCUT2D eigenvalue weighted by molar-refractivity contribution is -0.131. The van der Waals surface area contributed by atoms with Gasteiger partial charge < -0.3 is 15.0 Å². The lowest BCUT2D eigenvalue weighted by Gasteiger charge is -1.96. The Morgan fingerprint density at radius 1 is 1.17 bits per heavy atom. The normalized spacial score (nSPS) is 10.3. The minimum absolute atomic E-state index is 0. The molecule has 18 heavy (non-hydrogen) atoms. The van der Waals surface area contributed by atoms with Crippen molar-refractivity contribution in [3.05, 3.63) is 53.3 Å². The Morgan fingerprint density at radius 3 is 2.44 bits per heavy atom.